The summed E-state index contributed by atoms with van der Waals surface area (Å²) < 4.78 is 1.05. The first-order valence-corrected chi connectivity index (χ1v) is 8.75. The molecule has 0 aromatic heterocycles. The van der Waals surface area contributed by atoms with Gasteiger partial charge in [-0.3, -0.25) is 0 Å². The second-order valence-electron chi connectivity index (χ2n) is 5.89. The van der Waals surface area contributed by atoms with E-state index in [-0.39, 0.29) is 6.04 Å². The van der Waals surface area contributed by atoms with Gasteiger partial charge in [0, 0.05) is 33.1 Å². The molecule has 5 heteroatoms. The van der Waals surface area contributed by atoms with Gasteiger partial charge in [-0.25, -0.2) is 0 Å². The summed E-state index contributed by atoms with van der Waals surface area (Å²) in [5.41, 5.74) is 6.41. The number of para-hydroxylation sites is 1. The Morgan fingerprint density at radius 2 is 1.88 bits per heavy atom. The fraction of sp³-hybridized carbons (Fsp3) is 0.0500. The molecule has 0 aliphatic carbocycles. The average molecular weight is 393 g/mol. The van der Waals surface area contributed by atoms with E-state index in [0.29, 0.717) is 5.84 Å². The van der Waals surface area contributed by atoms with E-state index in [0.717, 1.165) is 38.0 Å². The molecule has 0 saturated carbocycles. The number of allylic oxidation sites excluding steroid dienone is 2. The minimum atomic E-state index is -0.0200. The van der Waals surface area contributed by atoms with Crippen molar-refractivity contribution in [1.29, 1.82) is 0 Å². The molecule has 2 aliphatic rings. The Kier molecular flexibility index (Phi) is 3.93. The second-order valence-corrected chi connectivity index (χ2v) is 6.80. The maximum Gasteiger partial charge on any atom is 0.157 e. The average Bonchev–Trinajstić information content (AvgIpc) is 3.00. The lowest BCUT2D eigenvalue weighted by atomic mass is 9.91. The molecule has 124 valence electrons. The Balaban J connectivity index is 1.97. The highest BCUT2D eigenvalue weighted by Gasteiger charge is 2.32. The van der Waals surface area contributed by atoms with Crippen molar-refractivity contribution < 1.29 is 0 Å². The van der Waals surface area contributed by atoms with Gasteiger partial charge in [0.15, 0.2) is 5.84 Å². The van der Waals surface area contributed by atoms with Gasteiger partial charge < -0.3 is 16.5 Å². The van der Waals surface area contributed by atoms with Crippen LogP contribution >= 0.6 is 15.9 Å². The summed E-state index contributed by atoms with van der Waals surface area (Å²) in [6.07, 6.45) is 3.84. The highest BCUT2D eigenvalue weighted by molar-refractivity contribution is 9.10. The number of amidine groups is 1. The zero-order chi connectivity index (χ0) is 17.4. The normalized spacial score (nSPS) is 20.1. The van der Waals surface area contributed by atoms with E-state index in [1.165, 1.54) is 0 Å². The first-order chi connectivity index (χ1) is 12.2. The first kappa shape index (κ1) is 15.7. The van der Waals surface area contributed by atoms with Crippen LogP contribution in [0.25, 0.3) is 5.57 Å². The Bertz CT molecular complexity index is 938. The Labute approximate surface area is 155 Å². The molecule has 0 fully saturated rings. The van der Waals surface area contributed by atoms with E-state index in [1.54, 1.807) is 0 Å². The third kappa shape index (κ3) is 2.57. The van der Waals surface area contributed by atoms with Crippen molar-refractivity contribution in [1.82, 2.24) is 5.32 Å². The summed E-state index contributed by atoms with van der Waals surface area (Å²) in [4.78, 5) is 0. The smallest absolute Gasteiger partial charge is 0.157 e. The van der Waals surface area contributed by atoms with Crippen molar-refractivity contribution in [2.45, 2.75) is 6.04 Å². The monoisotopic (exact) mass is 392 g/mol. The van der Waals surface area contributed by atoms with Crippen molar-refractivity contribution >= 4 is 33.0 Å². The third-order valence-corrected chi connectivity index (χ3v) is 5.05. The molecule has 1 atom stereocenters. The number of hydrazone groups is 1. The van der Waals surface area contributed by atoms with Crippen LogP contribution in [0.5, 0.6) is 0 Å². The highest BCUT2D eigenvalue weighted by Crippen LogP contribution is 2.43. The molecule has 2 aromatic rings. The summed E-state index contributed by atoms with van der Waals surface area (Å²) >= 11 is 3.50. The number of anilines is 1. The Morgan fingerprint density at radius 3 is 2.60 bits per heavy atom. The van der Waals surface area contributed by atoms with Gasteiger partial charge in [-0.05, 0) is 29.3 Å². The number of hydrogen-bond acceptors (Lipinski definition) is 3. The number of fused-ring (bicyclic) bond motifs is 2. The molecule has 2 aromatic carbocycles. The molecule has 4 rings (SSSR count). The summed E-state index contributed by atoms with van der Waals surface area (Å²) in [7, 11) is 0. The Hall–Kier alpha value is -2.79. The molecule has 0 amide bonds. The number of nitrogens with one attached hydrogen (secondary N) is 2. The van der Waals surface area contributed by atoms with E-state index in [1.807, 2.05) is 36.5 Å². The number of halogens is 1. The zero-order valence-corrected chi connectivity index (χ0v) is 15.0. The molecule has 2 heterocycles. The van der Waals surface area contributed by atoms with Gasteiger partial charge in [0.05, 0.1) is 6.04 Å². The lowest BCUT2D eigenvalue weighted by molar-refractivity contribution is 0.936. The standard InChI is InChI=1S/C20H17BrN4/c1-2-14-15-5-3-4-6-17(15)24-19(12-7-9-13(21)10-8-12)16-11-23-20(25-22)18(14)16/h2-11,19,24H,1,22H2,(H,23,25). The third-order valence-electron chi connectivity index (χ3n) is 4.52. The second kappa shape index (κ2) is 6.26. The van der Waals surface area contributed by atoms with E-state index in [4.69, 9.17) is 5.84 Å². The van der Waals surface area contributed by atoms with Gasteiger partial charge >= 0.3 is 0 Å². The topological polar surface area (TPSA) is 62.4 Å². The van der Waals surface area contributed by atoms with Crippen molar-refractivity contribution in [2.75, 3.05) is 5.32 Å². The fourth-order valence-corrected chi connectivity index (χ4v) is 3.65. The van der Waals surface area contributed by atoms with Crippen LogP contribution in [-0.2, 0) is 0 Å². The van der Waals surface area contributed by atoms with Gasteiger partial charge in [-0.1, -0.05) is 58.9 Å². The molecule has 2 aliphatic heterocycles. The van der Waals surface area contributed by atoms with Gasteiger partial charge in [0.2, 0.25) is 0 Å². The van der Waals surface area contributed by atoms with Gasteiger partial charge in [-0.15, -0.1) is 0 Å². The maximum atomic E-state index is 5.63. The van der Waals surface area contributed by atoms with Crippen molar-refractivity contribution in [3.63, 3.8) is 0 Å². The predicted octanol–water partition coefficient (Wildman–Crippen LogP) is 4.31. The lowest BCUT2D eigenvalue weighted by Crippen LogP contribution is -2.17. The highest BCUT2D eigenvalue weighted by atomic mass is 79.9. The SMILES string of the molecule is C=CC1=C2C(=CN/C2=N/N)C(c2ccc(Br)cc2)Nc2ccccc21. The predicted molar refractivity (Wildman–Crippen MR) is 107 cm³/mol. The van der Waals surface area contributed by atoms with E-state index in [2.05, 4.69) is 62.5 Å². The van der Waals surface area contributed by atoms with Crippen LogP contribution in [-0.4, -0.2) is 5.84 Å². The fourth-order valence-electron chi connectivity index (χ4n) is 3.38. The van der Waals surface area contributed by atoms with Crippen LogP contribution in [0.4, 0.5) is 5.69 Å². The molecule has 1 unspecified atom stereocenters. The molecule has 0 bridgehead atoms. The number of nitrogens with zero attached hydrogens (tertiary/aromatic N) is 1. The minimum Gasteiger partial charge on any atom is -0.374 e. The van der Waals surface area contributed by atoms with Crippen LogP contribution in [0, 0.1) is 0 Å². The number of nitrogens with two attached hydrogens (primary N) is 1. The van der Waals surface area contributed by atoms with Crippen LogP contribution in [0.1, 0.15) is 17.2 Å². The molecule has 25 heavy (non-hydrogen) atoms. The Morgan fingerprint density at radius 1 is 1.12 bits per heavy atom. The van der Waals surface area contributed by atoms with Crippen LogP contribution in [0.15, 0.2) is 88.1 Å². The van der Waals surface area contributed by atoms with Crippen molar-refractivity contribution in [3.05, 3.63) is 94.1 Å². The molecular weight excluding hydrogens is 376 g/mol. The van der Waals surface area contributed by atoms with Crippen LogP contribution in [0.2, 0.25) is 0 Å². The number of benzene rings is 2. The molecule has 0 saturated heterocycles. The zero-order valence-electron chi connectivity index (χ0n) is 13.5. The molecule has 4 N–H and O–H groups in total. The number of rotatable bonds is 2. The first-order valence-electron chi connectivity index (χ1n) is 7.96. The van der Waals surface area contributed by atoms with Crippen LogP contribution in [0.3, 0.4) is 0 Å². The van der Waals surface area contributed by atoms with Crippen molar-refractivity contribution in [3.8, 4) is 0 Å². The van der Waals surface area contributed by atoms with Gasteiger partial charge in [0.1, 0.15) is 0 Å². The van der Waals surface area contributed by atoms with Crippen LogP contribution < -0.4 is 16.5 Å². The largest absolute Gasteiger partial charge is 0.374 e. The summed E-state index contributed by atoms with van der Waals surface area (Å²) in [5, 5.41) is 10.8. The summed E-state index contributed by atoms with van der Waals surface area (Å²) in [6.45, 7) is 4.02. The van der Waals surface area contributed by atoms with Gasteiger partial charge in [-0.2, -0.15) is 5.10 Å². The summed E-state index contributed by atoms with van der Waals surface area (Å²) in [6, 6.07) is 16.5. The van der Waals surface area contributed by atoms with E-state index in [9.17, 15) is 0 Å². The van der Waals surface area contributed by atoms with E-state index >= 15 is 0 Å². The number of hydrogen-bond donors (Lipinski definition) is 3. The molecule has 0 radical (unpaired) electrons. The van der Waals surface area contributed by atoms with Crippen molar-refractivity contribution in [2.24, 2.45) is 10.9 Å². The molecule has 0 spiro atoms. The van der Waals surface area contributed by atoms with Gasteiger partial charge in [0.25, 0.3) is 0 Å². The summed E-state index contributed by atoms with van der Waals surface area (Å²) in [5.74, 6) is 6.29. The maximum absolute atomic E-state index is 5.63. The molecular formula is C20H17BrN4. The lowest BCUT2D eigenvalue weighted by Gasteiger charge is -2.21. The van der Waals surface area contributed by atoms with E-state index < -0.39 is 0 Å². The quantitative estimate of drug-likeness (QED) is 0.526. The minimum absolute atomic E-state index is 0.0200. The molecule has 4 nitrogen and oxygen atoms in total.